The third-order valence-corrected chi connectivity index (χ3v) is 5.08. The van der Waals surface area contributed by atoms with Crippen LogP contribution >= 0.6 is 11.3 Å². The molecule has 2 aromatic rings. The third-order valence-electron chi connectivity index (χ3n) is 4.26. The SMILES string of the molecule is Cc1cccc(N2CCN(C(=O)CCc3csc(C)n3)CC2)c1. The Labute approximate surface area is 141 Å². The van der Waals surface area contributed by atoms with Crippen molar-refractivity contribution in [2.75, 3.05) is 31.1 Å². The zero-order chi connectivity index (χ0) is 16.2. The first-order valence-corrected chi connectivity index (χ1v) is 9.00. The van der Waals surface area contributed by atoms with Gasteiger partial charge in [-0.2, -0.15) is 0 Å². The Bertz CT molecular complexity index is 674. The molecule has 0 bridgehead atoms. The van der Waals surface area contributed by atoms with Crippen LogP contribution in [0.25, 0.3) is 0 Å². The minimum atomic E-state index is 0.250. The van der Waals surface area contributed by atoms with Crippen LogP contribution in [0.3, 0.4) is 0 Å². The van der Waals surface area contributed by atoms with Crippen LogP contribution in [0.1, 0.15) is 22.7 Å². The monoisotopic (exact) mass is 329 g/mol. The third kappa shape index (κ3) is 4.10. The molecule has 23 heavy (non-hydrogen) atoms. The maximum Gasteiger partial charge on any atom is 0.223 e. The average Bonchev–Trinajstić information content (AvgIpc) is 2.98. The molecule has 1 aliphatic rings. The van der Waals surface area contributed by atoms with Crippen LogP contribution in [0.2, 0.25) is 0 Å². The highest BCUT2D eigenvalue weighted by atomic mass is 32.1. The fraction of sp³-hybridized carbons (Fsp3) is 0.444. The molecule has 0 N–H and O–H groups in total. The average molecular weight is 329 g/mol. The zero-order valence-electron chi connectivity index (χ0n) is 13.8. The summed E-state index contributed by atoms with van der Waals surface area (Å²) in [6.45, 7) is 7.55. The van der Waals surface area contributed by atoms with Crippen molar-refractivity contribution in [3.8, 4) is 0 Å². The molecule has 0 saturated carbocycles. The Morgan fingerprint density at radius 2 is 2.00 bits per heavy atom. The number of hydrogen-bond acceptors (Lipinski definition) is 4. The standard InChI is InChI=1S/C18H23N3OS/c1-14-4-3-5-17(12-14)20-8-10-21(11-9-20)18(22)7-6-16-13-23-15(2)19-16/h3-5,12-13H,6-11H2,1-2H3. The lowest BCUT2D eigenvalue weighted by atomic mass is 10.1. The summed E-state index contributed by atoms with van der Waals surface area (Å²) >= 11 is 1.65. The molecule has 0 atom stereocenters. The molecule has 5 heteroatoms. The molecule has 1 aromatic heterocycles. The Kier molecular flexibility index (Phi) is 4.96. The summed E-state index contributed by atoms with van der Waals surface area (Å²) in [6.07, 6.45) is 1.31. The molecule has 1 aromatic carbocycles. The van der Waals surface area contributed by atoms with E-state index in [1.165, 1.54) is 11.3 Å². The maximum atomic E-state index is 12.4. The number of aromatic nitrogens is 1. The van der Waals surface area contributed by atoms with Gasteiger partial charge in [0, 0.05) is 43.7 Å². The number of benzene rings is 1. The van der Waals surface area contributed by atoms with Gasteiger partial charge in [-0.1, -0.05) is 12.1 Å². The van der Waals surface area contributed by atoms with Gasteiger partial charge in [0.25, 0.3) is 0 Å². The minimum absolute atomic E-state index is 0.250. The van der Waals surface area contributed by atoms with Crippen LogP contribution < -0.4 is 4.90 Å². The van der Waals surface area contributed by atoms with Crippen molar-refractivity contribution in [2.24, 2.45) is 0 Å². The largest absolute Gasteiger partial charge is 0.368 e. The number of piperazine rings is 1. The highest BCUT2D eigenvalue weighted by Crippen LogP contribution is 2.18. The van der Waals surface area contributed by atoms with E-state index in [4.69, 9.17) is 0 Å². The van der Waals surface area contributed by atoms with Crippen molar-refractivity contribution < 1.29 is 4.79 Å². The van der Waals surface area contributed by atoms with Crippen LogP contribution in [0.4, 0.5) is 5.69 Å². The molecule has 0 spiro atoms. The Balaban J connectivity index is 1.49. The summed E-state index contributed by atoms with van der Waals surface area (Å²) in [6, 6.07) is 8.57. The first-order valence-electron chi connectivity index (χ1n) is 8.12. The fourth-order valence-electron chi connectivity index (χ4n) is 2.95. The highest BCUT2D eigenvalue weighted by molar-refractivity contribution is 7.09. The first kappa shape index (κ1) is 16.0. The number of carbonyl (C=O) groups excluding carboxylic acids is 1. The molecule has 1 aliphatic heterocycles. The van der Waals surface area contributed by atoms with Crippen molar-refractivity contribution in [3.05, 3.63) is 45.9 Å². The maximum absolute atomic E-state index is 12.4. The molecule has 3 rings (SSSR count). The smallest absolute Gasteiger partial charge is 0.223 e. The number of carbonyl (C=O) groups is 1. The van der Waals surface area contributed by atoms with Gasteiger partial charge in [0.05, 0.1) is 10.7 Å². The second-order valence-corrected chi connectivity index (χ2v) is 7.13. The van der Waals surface area contributed by atoms with Crippen molar-refractivity contribution in [1.29, 1.82) is 0 Å². The Morgan fingerprint density at radius 1 is 1.22 bits per heavy atom. The van der Waals surface area contributed by atoms with Gasteiger partial charge in [-0.05, 0) is 38.0 Å². The van der Waals surface area contributed by atoms with Gasteiger partial charge >= 0.3 is 0 Å². The van der Waals surface area contributed by atoms with Gasteiger partial charge in [-0.3, -0.25) is 4.79 Å². The molecule has 2 heterocycles. The van der Waals surface area contributed by atoms with E-state index >= 15 is 0 Å². The molecule has 1 saturated heterocycles. The predicted octanol–water partition coefficient (Wildman–Crippen LogP) is 3.04. The summed E-state index contributed by atoms with van der Waals surface area (Å²) in [7, 11) is 0. The van der Waals surface area contributed by atoms with Gasteiger partial charge < -0.3 is 9.80 Å². The first-order chi connectivity index (χ1) is 11.1. The molecular formula is C18H23N3OS. The Hall–Kier alpha value is -1.88. The number of hydrogen-bond donors (Lipinski definition) is 0. The second-order valence-electron chi connectivity index (χ2n) is 6.06. The number of amides is 1. The molecule has 4 nitrogen and oxygen atoms in total. The molecule has 0 unspecified atom stereocenters. The zero-order valence-corrected chi connectivity index (χ0v) is 14.6. The van der Waals surface area contributed by atoms with Gasteiger partial charge in [0.1, 0.15) is 0 Å². The van der Waals surface area contributed by atoms with Gasteiger partial charge in [0.15, 0.2) is 0 Å². The van der Waals surface area contributed by atoms with Gasteiger partial charge in [-0.25, -0.2) is 4.98 Å². The lowest BCUT2D eigenvalue weighted by molar-refractivity contribution is -0.131. The van der Waals surface area contributed by atoms with Crippen LogP contribution in [0.15, 0.2) is 29.6 Å². The van der Waals surface area contributed by atoms with E-state index in [9.17, 15) is 4.79 Å². The van der Waals surface area contributed by atoms with Crippen molar-refractivity contribution >= 4 is 22.9 Å². The molecule has 0 radical (unpaired) electrons. The summed E-state index contributed by atoms with van der Waals surface area (Å²) in [5, 5.41) is 3.12. The van der Waals surface area contributed by atoms with Gasteiger partial charge in [-0.15, -0.1) is 11.3 Å². The predicted molar refractivity (Wildman–Crippen MR) is 95.1 cm³/mol. The molecule has 0 aliphatic carbocycles. The normalized spacial score (nSPS) is 15.0. The van der Waals surface area contributed by atoms with E-state index in [0.29, 0.717) is 6.42 Å². The lowest BCUT2D eigenvalue weighted by Gasteiger charge is -2.36. The molecule has 122 valence electrons. The van der Waals surface area contributed by atoms with E-state index in [0.717, 1.165) is 43.3 Å². The lowest BCUT2D eigenvalue weighted by Crippen LogP contribution is -2.48. The number of nitrogens with zero attached hydrogens (tertiary/aromatic N) is 3. The van der Waals surface area contributed by atoms with E-state index in [-0.39, 0.29) is 5.91 Å². The molecule has 1 fully saturated rings. The van der Waals surface area contributed by atoms with Crippen LogP contribution in [-0.2, 0) is 11.2 Å². The van der Waals surface area contributed by atoms with Crippen LogP contribution in [0.5, 0.6) is 0 Å². The molecule has 1 amide bonds. The second kappa shape index (κ2) is 7.13. The van der Waals surface area contributed by atoms with Crippen molar-refractivity contribution in [3.63, 3.8) is 0 Å². The van der Waals surface area contributed by atoms with E-state index in [2.05, 4.69) is 46.5 Å². The number of aryl methyl sites for hydroxylation is 3. The quantitative estimate of drug-likeness (QED) is 0.865. The number of rotatable bonds is 4. The Morgan fingerprint density at radius 3 is 2.65 bits per heavy atom. The summed E-state index contributed by atoms with van der Waals surface area (Å²) < 4.78 is 0. The number of thiazole rings is 1. The summed E-state index contributed by atoms with van der Waals surface area (Å²) in [5.74, 6) is 0.250. The summed E-state index contributed by atoms with van der Waals surface area (Å²) in [5.41, 5.74) is 3.58. The fourth-order valence-corrected chi connectivity index (χ4v) is 3.60. The topological polar surface area (TPSA) is 36.4 Å². The highest BCUT2D eigenvalue weighted by Gasteiger charge is 2.21. The van der Waals surface area contributed by atoms with E-state index in [1.807, 2.05) is 11.8 Å². The van der Waals surface area contributed by atoms with Crippen LogP contribution in [-0.4, -0.2) is 42.0 Å². The summed E-state index contributed by atoms with van der Waals surface area (Å²) in [4.78, 5) is 21.1. The van der Waals surface area contributed by atoms with Crippen LogP contribution in [0, 0.1) is 13.8 Å². The van der Waals surface area contributed by atoms with Gasteiger partial charge in [0.2, 0.25) is 5.91 Å². The van der Waals surface area contributed by atoms with Crippen molar-refractivity contribution in [1.82, 2.24) is 9.88 Å². The van der Waals surface area contributed by atoms with E-state index < -0.39 is 0 Å². The van der Waals surface area contributed by atoms with E-state index in [1.54, 1.807) is 11.3 Å². The van der Waals surface area contributed by atoms with Crippen molar-refractivity contribution in [2.45, 2.75) is 26.7 Å². The number of anilines is 1. The molecular weight excluding hydrogens is 306 g/mol. The minimum Gasteiger partial charge on any atom is -0.368 e.